The Bertz CT molecular complexity index is 694. The standard InChI is InChI=1S/C16H19N3O2/c1-21-11-8-9-17-14(10-11)15-18-13-7-5-3-2-4-6-12(13)16(20)19-15/h8-10H,2-7H2,1H3,(H,18,19,20). The van der Waals surface area contributed by atoms with Crippen molar-refractivity contribution in [2.45, 2.75) is 38.5 Å². The van der Waals surface area contributed by atoms with Crippen LogP contribution in [0.2, 0.25) is 0 Å². The molecule has 3 rings (SSSR count). The lowest BCUT2D eigenvalue weighted by Gasteiger charge is -2.13. The van der Waals surface area contributed by atoms with Gasteiger partial charge in [0.2, 0.25) is 0 Å². The Labute approximate surface area is 123 Å². The molecule has 1 aliphatic carbocycles. The molecule has 21 heavy (non-hydrogen) atoms. The maximum absolute atomic E-state index is 12.3. The van der Waals surface area contributed by atoms with E-state index in [-0.39, 0.29) is 5.56 Å². The first kappa shape index (κ1) is 13.8. The number of rotatable bonds is 2. The van der Waals surface area contributed by atoms with E-state index in [1.165, 1.54) is 12.8 Å². The summed E-state index contributed by atoms with van der Waals surface area (Å²) in [6.07, 6.45) is 7.91. The Morgan fingerprint density at radius 3 is 2.81 bits per heavy atom. The maximum atomic E-state index is 12.3. The minimum atomic E-state index is -0.0264. The summed E-state index contributed by atoms with van der Waals surface area (Å²) in [5.41, 5.74) is 2.39. The molecule has 0 spiro atoms. The van der Waals surface area contributed by atoms with Gasteiger partial charge in [0.25, 0.3) is 5.56 Å². The molecule has 1 aliphatic rings. The third-order valence-electron chi connectivity index (χ3n) is 3.90. The molecule has 0 radical (unpaired) electrons. The molecule has 0 unspecified atom stereocenters. The Morgan fingerprint density at radius 2 is 2.00 bits per heavy atom. The van der Waals surface area contributed by atoms with Crippen LogP contribution in [-0.4, -0.2) is 22.1 Å². The fourth-order valence-electron chi connectivity index (χ4n) is 2.75. The van der Waals surface area contributed by atoms with Gasteiger partial charge in [-0.1, -0.05) is 12.8 Å². The molecule has 2 aromatic heterocycles. The molecule has 0 bridgehead atoms. The lowest BCUT2D eigenvalue weighted by molar-refractivity contribution is 0.414. The van der Waals surface area contributed by atoms with Crippen molar-refractivity contribution >= 4 is 0 Å². The summed E-state index contributed by atoms with van der Waals surface area (Å²) < 4.78 is 5.20. The van der Waals surface area contributed by atoms with Crippen molar-refractivity contribution in [3.05, 3.63) is 39.9 Å². The molecule has 0 atom stereocenters. The van der Waals surface area contributed by atoms with Crippen molar-refractivity contribution in [1.29, 1.82) is 0 Å². The fraction of sp³-hybridized carbons (Fsp3) is 0.438. The van der Waals surface area contributed by atoms with Crippen LogP contribution in [0.15, 0.2) is 23.1 Å². The molecule has 1 N–H and O–H groups in total. The molecule has 0 aromatic carbocycles. The van der Waals surface area contributed by atoms with Gasteiger partial charge in [-0.05, 0) is 31.7 Å². The first-order valence-corrected chi connectivity index (χ1v) is 7.40. The fourth-order valence-corrected chi connectivity index (χ4v) is 2.75. The lowest BCUT2D eigenvalue weighted by Crippen LogP contribution is -2.20. The second kappa shape index (κ2) is 6.08. The van der Waals surface area contributed by atoms with Crippen molar-refractivity contribution in [3.8, 4) is 17.3 Å². The topological polar surface area (TPSA) is 67.9 Å². The molecule has 2 heterocycles. The quantitative estimate of drug-likeness (QED) is 0.920. The largest absolute Gasteiger partial charge is 0.497 e. The van der Waals surface area contributed by atoms with Gasteiger partial charge in [0.05, 0.1) is 12.8 Å². The number of ether oxygens (including phenoxy) is 1. The van der Waals surface area contributed by atoms with Gasteiger partial charge in [-0.25, -0.2) is 4.98 Å². The van der Waals surface area contributed by atoms with Crippen molar-refractivity contribution in [1.82, 2.24) is 15.0 Å². The number of nitrogens with zero attached hydrogens (tertiary/aromatic N) is 2. The average molecular weight is 285 g/mol. The highest BCUT2D eigenvalue weighted by Crippen LogP contribution is 2.20. The smallest absolute Gasteiger partial charge is 0.254 e. The van der Waals surface area contributed by atoms with Crippen LogP contribution in [0.5, 0.6) is 5.75 Å². The SMILES string of the molecule is COc1ccnc(-c2nc3c(c(=O)[nH]2)CCCCCC3)c1. The highest BCUT2D eigenvalue weighted by molar-refractivity contribution is 5.52. The first-order chi connectivity index (χ1) is 10.3. The minimum Gasteiger partial charge on any atom is -0.497 e. The van der Waals surface area contributed by atoms with Gasteiger partial charge in [0, 0.05) is 17.8 Å². The van der Waals surface area contributed by atoms with Crippen LogP contribution in [0.4, 0.5) is 0 Å². The van der Waals surface area contributed by atoms with E-state index in [9.17, 15) is 4.79 Å². The van der Waals surface area contributed by atoms with Crippen LogP contribution in [-0.2, 0) is 12.8 Å². The summed E-state index contributed by atoms with van der Waals surface area (Å²) in [6.45, 7) is 0. The van der Waals surface area contributed by atoms with Gasteiger partial charge in [-0.15, -0.1) is 0 Å². The molecule has 0 saturated heterocycles. The summed E-state index contributed by atoms with van der Waals surface area (Å²) in [4.78, 5) is 24.1. The van der Waals surface area contributed by atoms with Gasteiger partial charge < -0.3 is 9.72 Å². The summed E-state index contributed by atoms with van der Waals surface area (Å²) in [7, 11) is 1.61. The Hall–Kier alpha value is -2.17. The molecular weight excluding hydrogens is 266 g/mol. The van der Waals surface area contributed by atoms with Gasteiger partial charge in [0.1, 0.15) is 11.4 Å². The Balaban J connectivity index is 2.05. The molecular formula is C16H19N3O2. The monoisotopic (exact) mass is 285 g/mol. The highest BCUT2D eigenvalue weighted by Gasteiger charge is 2.15. The van der Waals surface area contributed by atoms with E-state index >= 15 is 0 Å². The molecule has 5 heteroatoms. The number of pyridine rings is 1. The number of methoxy groups -OCH3 is 1. The summed E-state index contributed by atoms with van der Waals surface area (Å²) in [5, 5.41) is 0. The Kier molecular flexibility index (Phi) is 3.99. The van der Waals surface area contributed by atoms with E-state index in [0.29, 0.717) is 17.3 Å². The molecule has 0 fully saturated rings. The summed E-state index contributed by atoms with van der Waals surface area (Å²) in [6, 6.07) is 3.56. The summed E-state index contributed by atoms with van der Waals surface area (Å²) >= 11 is 0. The Morgan fingerprint density at radius 1 is 1.19 bits per heavy atom. The second-order valence-corrected chi connectivity index (χ2v) is 5.33. The number of fused-ring (bicyclic) bond motifs is 1. The van der Waals surface area contributed by atoms with Crippen LogP contribution in [0.3, 0.4) is 0 Å². The van der Waals surface area contributed by atoms with Crippen molar-refractivity contribution in [3.63, 3.8) is 0 Å². The molecule has 0 amide bonds. The zero-order chi connectivity index (χ0) is 14.7. The number of aryl methyl sites for hydroxylation is 1. The predicted octanol–water partition coefficient (Wildman–Crippen LogP) is 2.50. The molecule has 5 nitrogen and oxygen atoms in total. The van der Waals surface area contributed by atoms with Crippen LogP contribution < -0.4 is 10.3 Å². The van der Waals surface area contributed by atoms with Crippen molar-refractivity contribution < 1.29 is 4.74 Å². The number of aromatic amines is 1. The average Bonchev–Trinajstić information content (AvgIpc) is 2.48. The predicted molar refractivity (Wildman–Crippen MR) is 80.5 cm³/mol. The van der Waals surface area contributed by atoms with Crippen molar-refractivity contribution in [2.75, 3.05) is 7.11 Å². The van der Waals surface area contributed by atoms with Crippen LogP contribution in [0.1, 0.15) is 36.9 Å². The summed E-state index contributed by atoms with van der Waals surface area (Å²) in [5.74, 6) is 1.23. The maximum Gasteiger partial charge on any atom is 0.254 e. The highest BCUT2D eigenvalue weighted by atomic mass is 16.5. The van der Waals surface area contributed by atoms with E-state index in [4.69, 9.17) is 4.74 Å². The van der Waals surface area contributed by atoms with Crippen molar-refractivity contribution in [2.24, 2.45) is 0 Å². The zero-order valence-corrected chi connectivity index (χ0v) is 12.2. The van der Waals surface area contributed by atoms with Crippen LogP contribution >= 0.6 is 0 Å². The van der Waals surface area contributed by atoms with Gasteiger partial charge in [0.15, 0.2) is 5.82 Å². The van der Waals surface area contributed by atoms with E-state index < -0.39 is 0 Å². The molecule has 0 saturated carbocycles. The third kappa shape index (κ3) is 2.96. The minimum absolute atomic E-state index is 0.0264. The lowest BCUT2D eigenvalue weighted by atomic mass is 9.98. The van der Waals surface area contributed by atoms with Gasteiger partial charge in [-0.2, -0.15) is 0 Å². The third-order valence-corrected chi connectivity index (χ3v) is 3.90. The normalized spacial score (nSPS) is 14.9. The van der Waals surface area contributed by atoms with E-state index in [1.807, 2.05) is 0 Å². The molecule has 110 valence electrons. The number of hydrogen-bond acceptors (Lipinski definition) is 4. The number of H-pyrrole nitrogens is 1. The molecule has 0 aliphatic heterocycles. The van der Waals surface area contributed by atoms with Gasteiger partial charge in [-0.3, -0.25) is 9.78 Å². The molecule has 2 aromatic rings. The number of hydrogen-bond donors (Lipinski definition) is 1. The van der Waals surface area contributed by atoms with E-state index in [2.05, 4.69) is 15.0 Å². The van der Waals surface area contributed by atoms with Crippen LogP contribution in [0, 0.1) is 0 Å². The number of nitrogens with one attached hydrogen (secondary N) is 1. The first-order valence-electron chi connectivity index (χ1n) is 7.40. The van der Waals surface area contributed by atoms with E-state index in [1.54, 1.807) is 25.4 Å². The van der Waals surface area contributed by atoms with Gasteiger partial charge >= 0.3 is 0 Å². The number of aromatic nitrogens is 3. The van der Waals surface area contributed by atoms with Crippen LogP contribution in [0.25, 0.3) is 11.5 Å². The van der Waals surface area contributed by atoms with E-state index in [0.717, 1.165) is 36.9 Å². The second-order valence-electron chi connectivity index (χ2n) is 5.33. The zero-order valence-electron chi connectivity index (χ0n) is 12.2.